The zero-order chi connectivity index (χ0) is 14.8. The fraction of sp³-hybridized carbons (Fsp3) is 0.235. The lowest BCUT2D eigenvalue weighted by molar-refractivity contribution is -0.138. The molecule has 0 N–H and O–H groups in total. The minimum atomic E-state index is -4.27. The van der Waals surface area contributed by atoms with E-state index in [4.69, 9.17) is 0 Å². The van der Waals surface area contributed by atoms with Crippen LogP contribution < -0.4 is 0 Å². The van der Waals surface area contributed by atoms with E-state index in [9.17, 15) is 13.2 Å². The van der Waals surface area contributed by atoms with Crippen molar-refractivity contribution in [3.8, 4) is 0 Å². The third kappa shape index (κ3) is 5.91. The van der Waals surface area contributed by atoms with Crippen molar-refractivity contribution in [3.05, 3.63) is 78.8 Å². The van der Waals surface area contributed by atoms with Crippen LogP contribution in [0, 0.1) is 6.92 Å². The van der Waals surface area contributed by atoms with Crippen LogP contribution in [-0.4, -0.2) is 0 Å². The van der Waals surface area contributed by atoms with E-state index < -0.39 is 11.7 Å². The number of benzene rings is 1. The highest BCUT2D eigenvalue weighted by atomic mass is 19.4. The first-order valence-electron chi connectivity index (χ1n) is 6.48. The van der Waals surface area contributed by atoms with Crippen molar-refractivity contribution in [1.82, 2.24) is 0 Å². The summed E-state index contributed by atoms with van der Waals surface area (Å²) in [7, 11) is 0. The molecule has 0 unspecified atom stereocenters. The highest BCUT2D eigenvalue weighted by molar-refractivity contribution is 5.29. The summed E-state index contributed by atoms with van der Waals surface area (Å²) in [5.74, 6) is 0. The molecule has 0 nitrogen and oxygen atoms in total. The van der Waals surface area contributed by atoms with Crippen molar-refractivity contribution in [2.24, 2.45) is 0 Å². The van der Waals surface area contributed by atoms with Gasteiger partial charge in [-0.1, -0.05) is 54.7 Å². The molecule has 0 bridgehead atoms. The minimum absolute atomic E-state index is 0.365. The van der Waals surface area contributed by atoms with Gasteiger partial charge in [0.2, 0.25) is 0 Å². The Hall–Kier alpha value is -1.77. The summed E-state index contributed by atoms with van der Waals surface area (Å²) < 4.78 is 38.3. The molecule has 0 saturated carbocycles. The number of aryl methyl sites for hydroxylation is 1. The van der Waals surface area contributed by atoms with Gasteiger partial charge in [-0.25, -0.2) is 0 Å². The van der Waals surface area contributed by atoms with Gasteiger partial charge in [-0.2, -0.15) is 13.2 Å². The molecular formula is C17H18F3. The van der Waals surface area contributed by atoms with Crippen LogP contribution in [0.4, 0.5) is 13.2 Å². The molecule has 0 aromatic heterocycles. The van der Waals surface area contributed by atoms with Gasteiger partial charge in [0.15, 0.2) is 0 Å². The standard InChI is InChI=1S/C17H18F3/c1-2-3-4-5-6-7-8-9-12-15-13-10-11-14-16(15)17(18,19)20/h2-7,10-11,13-14H,1,8-9,12H2/b3-2+,5-4+,7-6+. The van der Waals surface area contributed by atoms with E-state index in [0.29, 0.717) is 18.4 Å². The Balaban J connectivity index is 2.47. The number of rotatable bonds is 6. The molecule has 1 aromatic rings. The van der Waals surface area contributed by atoms with E-state index in [1.54, 1.807) is 18.2 Å². The second kappa shape index (κ2) is 8.41. The fourth-order valence-electron chi connectivity index (χ4n) is 1.81. The Labute approximate surface area is 118 Å². The number of allylic oxidation sites excluding steroid dienone is 6. The molecule has 0 aliphatic heterocycles. The van der Waals surface area contributed by atoms with Gasteiger partial charge in [0.05, 0.1) is 5.56 Å². The molecule has 0 spiro atoms. The average Bonchev–Trinajstić information content (AvgIpc) is 2.41. The maximum atomic E-state index is 12.8. The molecule has 0 atom stereocenters. The SMILES string of the molecule is [CH2]/C=C/C=C/C=C/CCCc1ccccc1C(F)(F)F. The number of halogens is 3. The van der Waals surface area contributed by atoms with Crippen LogP contribution in [0.2, 0.25) is 0 Å². The minimum Gasteiger partial charge on any atom is -0.166 e. The number of alkyl halides is 3. The Morgan fingerprint density at radius 2 is 1.70 bits per heavy atom. The Bertz CT molecular complexity index is 479. The van der Waals surface area contributed by atoms with Crippen LogP contribution >= 0.6 is 0 Å². The monoisotopic (exact) mass is 279 g/mol. The summed E-state index contributed by atoms with van der Waals surface area (Å²) in [5, 5.41) is 0. The molecule has 0 amide bonds. The number of hydrogen-bond donors (Lipinski definition) is 0. The van der Waals surface area contributed by atoms with Crippen LogP contribution in [0.1, 0.15) is 24.0 Å². The van der Waals surface area contributed by atoms with Gasteiger partial charge < -0.3 is 0 Å². The van der Waals surface area contributed by atoms with Gasteiger partial charge in [0.25, 0.3) is 0 Å². The highest BCUT2D eigenvalue weighted by Gasteiger charge is 2.32. The summed E-state index contributed by atoms with van der Waals surface area (Å²) in [5.41, 5.74) is -0.159. The van der Waals surface area contributed by atoms with E-state index in [1.165, 1.54) is 6.07 Å². The van der Waals surface area contributed by atoms with Gasteiger partial charge >= 0.3 is 6.18 Å². The summed E-state index contributed by atoms with van der Waals surface area (Å²) >= 11 is 0. The Morgan fingerprint density at radius 1 is 1.00 bits per heavy atom. The molecular weight excluding hydrogens is 261 g/mol. The van der Waals surface area contributed by atoms with Crippen molar-refractivity contribution < 1.29 is 13.2 Å². The van der Waals surface area contributed by atoms with E-state index in [2.05, 4.69) is 6.92 Å². The van der Waals surface area contributed by atoms with Crippen LogP contribution in [0.5, 0.6) is 0 Å². The molecule has 0 aliphatic carbocycles. The van der Waals surface area contributed by atoms with E-state index in [1.807, 2.05) is 30.4 Å². The van der Waals surface area contributed by atoms with E-state index in [-0.39, 0.29) is 0 Å². The molecule has 3 heteroatoms. The normalized spacial score (nSPS) is 13.0. The summed E-state index contributed by atoms with van der Waals surface area (Å²) in [6.07, 6.45) is 8.65. The largest absolute Gasteiger partial charge is 0.416 e. The predicted molar refractivity (Wildman–Crippen MR) is 77.2 cm³/mol. The first-order chi connectivity index (χ1) is 9.55. The van der Waals surface area contributed by atoms with Gasteiger partial charge in [-0.3, -0.25) is 0 Å². The molecule has 1 aromatic carbocycles. The zero-order valence-corrected chi connectivity index (χ0v) is 11.2. The predicted octanol–water partition coefficient (Wildman–Crippen LogP) is 5.53. The molecule has 107 valence electrons. The van der Waals surface area contributed by atoms with Crippen LogP contribution in [0.15, 0.2) is 60.7 Å². The quantitative estimate of drug-likeness (QED) is 0.474. The van der Waals surface area contributed by atoms with Gasteiger partial charge in [0.1, 0.15) is 0 Å². The fourth-order valence-corrected chi connectivity index (χ4v) is 1.81. The molecule has 1 rings (SSSR count). The first kappa shape index (κ1) is 16.3. The molecule has 0 heterocycles. The van der Waals surface area contributed by atoms with E-state index >= 15 is 0 Å². The second-order valence-corrected chi connectivity index (χ2v) is 4.29. The molecule has 20 heavy (non-hydrogen) atoms. The van der Waals surface area contributed by atoms with Crippen molar-refractivity contribution in [2.45, 2.75) is 25.4 Å². The lowest BCUT2D eigenvalue weighted by Crippen LogP contribution is -2.08. The molecule has 0 saturated heterocycles. The van der Waals surface area contributed by atoms with Crippen molar-refractivity contribution in [3.63, 3.8) is 0 Å². The van der Waals surface area contributed by atoms with E-state index in [0.717, 1.165) is 12.5 Å². The molecule has 1 radical (unpaired) electrons. The maximum Gasteiger partial charge on any atom is 0.416 e. The van der Waals surface area contributed by atoms with Crippen LogP contribution in [-0.2, 0) is 12.6 Å². The molecule has 0 fully saturated rings. The third-order valence-electron chi connectivity index (χ3n) is 2.75. The van der Waals surface area contributed by atoms with Crippen LogP contribution in [0.25, 0.3) is 0 Å². The summed E-state index contributed by atoms with van der Waals surface area (Å²) in [6, 6.07) is 5.76. The Kier molecular flexibility index (Phi) is 6.85. The van der Waals surface area contributed by atoms with Crippen molar-refractivity contribution in [2.75, 3.05) is 0 Å². The average molecular weight is 279 g/mol. The molecule has 0 aliphatic rings. The third-order valence-corrected chi connectivity index (χ3v) is 2.75. The summed E-state index contributed by atoms with van der Waals surface area (Å²) in [6.45, 7) is 3.55. The second-order valence-electron chi connectivity index (χ2n) is 4.29. The van der Waals surface area contributed by atoms with Crippen LogP contribution in [0.3, 0.4) is 0 Å². The smallest absolute Gasteiger partial charge is 0.166 e. The Morgan fingerprint density at radius 3 is 2.40 bits per heavy atom. The topological polar surface area (TPSA) is 0 Å². The van der Waals surface area contributed by atoms with Crippen molar-refractivity contribution in [1.29, 1.82) is 0 Å². The lowest BCUT2D eigenvalue weighted by atomic mass is 10.0. The maximum absolute atomic E-state index is 12.8. The lowest BCUT2D eigenvalue weighted by Gasteiger charge is -2.11. The number of unbranched alkanes of at least 4 members (excludes halogenated alkanes) is 1. The number of hydrogen-bond acceptors (Lipinski definition) is 0. The van der Waals surface area contributed by atoms with Gasteiger partial charge in [-0.05, 0) is 37.8 Å². The van der Waals surface area contributed by atoms with Gasteiger partial charge in [0, 0.05) is 0 Å². The van der Waals surface area contributed by atoms with Crippen molar-refractivity contribution >= 4 is 0 Å². The highest BCUT2D eigenvalue weighted by Crippen LogP contribution is 2.32. The van der Waals surface area contributed by atoms with Gasteiger partial charge in [-0.15, -0.1) is 0 Å². The zero-order valence-electron chi connectivity index (χ0n) is 11.2. The first-order valence-corrected chi connectivity index (χ1v) is 6.48. The summed E-state index contributed by atoms with van der Waals surface area (Å²) in [4.78, 5) is 0.